The van der Waals surface area contributed by atoms with Crippen LogP contribution in [0.1, 0.15) is 12.8 Å². The number of hydrogen-bond acceptors (Lipinski definition) is 4. The van der Waals surface area contributed by atoms with Crippen molar-refractivity contribution in [2.45, 2.75) is 31.1 Å². The van der Waals surface area contributed by atoms with E-state index in [1.807, 2.05) is 0 Å². The van der Waals surface area contributed by atoms with E-state index in [0.29, 0.717) is 12.8 Å². The Morgan fingerprint density at radius 3 is 2.67 bits per heavy atom. The van der Waals surface area contributed by atoms with Crippen molar-refractivity contribution in [3.05, 3.63) is 0 Å². The number of aliphatic hydroxyl groups is 3. The van der Waals surface area contributed by atoms with Gasteiger partial charge in [0.1, 0.15) is 12.2 Å². The predicted octanol–water partition coefficient (Wildman–Crippen LogP) is -2.02. The SMILES string of the molecule is O=C1CCC(C(O)C(O)CO)N1. The average molecular weight is 175 g/mol. The molecule has 1 saturated heterocycles. The van der Waals surface area contributed by atoms with E-state index < -0.39 is 24.9 Å². The number of rotatable bonds is 3. The van der Waals surface area contributed by atoms with Crippen LogP contribution in [0.25, 0.3) is 0 Å². The van der Waals surface area contributed by atoms with Crippen LogP contribution in [0, 0.1) is 0 Å². The van der Waals surface area contributed by atoms with Gasteiger partial charge in [-0.15, -0.1) is 0 Å². The molecule has 0 aliphatic carbocycles. The predicted molar refractivity (Wildman–Crippen MR) is 40.3 cm³/mol. The van der Waals surface area contributed by atoms with E-state index in [-0.39, 0.29) is 5.91 Å². The lowest BCUT2D eigenvalue weighted by Gasteiger charge is -2.21. The maximum absolute atomic E-state index is 10.7. The lowest BCUT2D eigenvalue weighted by Crippen LogP contribution is -2.45. The molecule has 3 unspecified atom stereocenters. The molecule has 0 aromatic heterocycles. The van der Waals surface area contributed by atoms with Crippen LogP contribution in [0.4, 0.5) is 0 Å². The zero-order chi connectivity index (χ0) is 9.14. The Morgan fingerprint density at radius 2 is 2.25 bits per heavy atom. The molecule has 0 saturated carbocycles. The first-order valence-corrected chi connectivity index (χ1v) is 3.91. The van der Waals surface area contributed by atoms with Crippen LogP contribution < -0.4 is 5.32 Å². The Hall–Kier alpha value is -0.650. The summed E-state index contributed by atoms with van der Waals surface area (Å²) < 4.78 is 0. The monoisotopic (exact) mass is 175 g/mol. The van der Waals surface area contributed by atoms with Gasteiger partial charge in [0.05, 0.1) is 12.6 Å². The summed E-state index contributed by atoms with van der Waals surface area (Å²) in [6, 6.07) is -0.417. The summed E-state index contributed by atoms with van der Waals surface area (Å²) in [4.78, 5) is 10.7. The first-order chi connectivity index (χ1) is 5.65. The summed E-state index contributed by atoms with van der Waals surface area (Å²) in [5.74, 6) is -0.121. The number of nitrogens with one attached hydrogen (secondary N) is 1. The Bertz CT molecular complexity index is 173. The molecule has 1 fully saturated rings. The lowest BCUT2D eigenvalue weighted by atomic mass is 10.0. The Balaban J connectivity index is 2.42. The van der Waals surface area contributed by atoms with Crippen LogP contribution in [0.5, 0.6) is 0 Å². The number of carbonyl (C=O) groups is 1. The lowest BCUT2D eigenvalue weighted by molar-refractivity contribution is -0.120. The molecule has 1 aliphatic heterocycles. The topological polar surface area (TPSA) is 89.8 Å². The summed E-state index contributed by atoms with van der Waals surface area (Å²) in [5.41, 5.74) is 0. The molecule has 0 radical (unpaired) electrons. The molecule has 0 bridgehead atoms. The van der Waals surface area contributed by atoms with Crippen LogP contribution in [0.2, 0.25) is 0 Å². The highest BCUT2D eigenvalue weighted by Crippen LogP contribution is 2.12. The molecule has 12 heavy (non-hydrogen) atoms. The molecule has 4 N–H and O–H groups in total. The van der Waals surface area contributed by atoms with Gasteiger partial charge in [-0.05, 0) is 6.42 Å². The Labute approximate surface area is 70.0 Å². The van der Waals surface area contributed by atoms with Gasteiger partial charge in [0.2, 0.25) is 5.91 Å². The minimum Gasteiger partial charge on any atom is -0.394 e. The first-order valence-electron chi connectivity index (χ1n) is 3.91. The van der Waals surface area contributed by atoms with Crippen molar-refractivity contribution < 1.29 is 20.1 Å². The van der Waals surface area contributed by atoms with Gasteiger partial charge in [-0.25, -0.2) is 0 Å². The first kappa shape index (κ1) is 9.44. The highest BCUT2D eigenvalue weighted by Gasteiger charge is 2.31. The zero-order valence-electron chi connectivity index (χ0n) is 6.60. The molecule has 5 nitrogen and oxygen atoms in total. The molecule has 1 aliphatic rings. The quantitative estimate of drug-likeness (QED) is 0.398. The van der Waals surface area contributed by atoms with E-state index in [1.165, 1.54) is 0 Å². The normalized spacial score (nSPS) is 28.2. The molecule has 3 atom stereocenters. The van der Waals surface area contributed by atoms with Crippen LogP contribution in [-0.2, 0) is 4.79 Å². The second kappa shape index (κ2) is 3.84. The van der Waals surface area contributed by atoms with Crippen molar-refractivity contribution in [3.63, 3.8) is 0 Å². The second-order valence-electron chi connectivity index (χ2n) is 2.95. The largest absolute Gasteiger partial charge is 0.394 e. The zero-order valence-corrected chi connectivity index (χ0v) is 6.60. The van der Waals surface area contributed by atoms with E-state index in [0.717, 1.165) is 0 Å². The fourth-order valence-corrected chi connectivity index (χ4v) is 1.27. The maximum atomic E-state index is 10.7. The Kier molecular flexibility index (Phi) is 3.02. The minimum atomic E-state index is -1.17. The van der Waals surface area contributed by atoms with Gasteiger partial charge < -0.3 is 20.6 Å². The summed E-state index contributed by atoms with van der Waals surface area (Å²) in [6.45, 7) is -0.493. The molecule has 5 heteroatoms. The standard InChI is InChI=1S/C7H13NO4/c9-3-5(10)7(12)4-1-2-6(11)8-4/h4-5,7,9-10,12H,1-3H2,(H,8,11). The molecule has 0 aromatic rings. The van der Waals surface area contributed by atoms with Gasteiger partial charge in [-0.1, -0.05) is 0 Å². The van der Waals surface area contributed by atoms with E-state index in [2.05, 4.69) is 5.32 Å². The Morgan fingerprint density at radius 1 is 1.58 bits per heavy atom. The van der Waals surface area contributed by atoms with Crippen LogP contribution in [0.15, 0.2) is 0 Å². The van der Waals surface area contributed by atoms with Gasteiger partial charge in [-0.2, -0.15) is 0 Å². The molecule has 1 amide bonds. The number of carbonyl (C=O) groups excluding carboxylic acids is 1. The van der Waals surface area contributed by atoms with E-state index >= 15 is 0 Å². The molecule has 70 valence electrons. The van der Waals surface area contributed by atoms with Crippen molar-refractivity contribution in [1.82, 2.24) is 5.32 Å². The average Bonchev–Trinajstić information content (AvgIpc) is 2.49. The third kappa shape index (κ3) is 1.94. The van der Waals surface area contributed by atoms with Crippen LogP contribution in [0.3, 0.4) is 0 Å². The molecule has 0 aromatic carbocycles. The highest BCUT2D eigenvalue weighted by atomic mass is 16.4. The summed E-state index contributed by atoms with van der Waals surface area (Å²) in [5, 5.41) is 29.3. The highest BCUT2D eigenvalue weighted by molar-refractivity contribution is 5.78. The molecule has 1 heterocycles. The number of amides is 1. The van der Waals surface area contributed by atoms with Gasteiger partial charge in [-0.3, -0.25) is 4.79 Å². The minimum absolute atomic E-state index is 0.121. The van der Waals surface area contributed by atoms with Gasteiger partial charge in [0.25, 0.3) is 0 Å². The number of aliphatic hydroxyl groups excluding tert-OH is 3. The van der Waals surface area contributed by atoms with Gasteiger partial charge in [0.15, 0.2) is 0 Å². The van der Waals surface area contributed by atoms with E-state index in [1.54, 1.807) is 0 Å². The van der Waals surface area contributed by atoms with Crippen molar-refractivity contribution in [1.29, 1.82) is 0 Å². The van der Waals surface area contributed by atoms with Gasteiger partial charge >= 0.3 is 0 Å². The van der Waals surface area contributed by atoms with Crippen molar-refractivity contribution in [2.75, 3.05) is 6.61 Å². The van der Waals surface area contributed by atoms with Crippen molar-refractivity contribution in [2.24, 2.45) is 0 Å². The summed E-state index contributed by atoms with van der Waals surface area (Å²) in [7, 11) is 0. The van der Waals surface area contributed by atoms with Gasteiger partial charge in [0, 0.05) is 6.42 Å². The smallest absolute Gasteiger partial charge is 0.220 e. The maximum Gasteiger partial charge on any atom is 0.220 e. The second-order valence-corrected chi connectivity index (χ2v) is 2.95. The van der Waals surface area contributed by atoms with Crippen LogP contribution >= 0.6 is 0 Å². The third-order valence-electron chi connectivity index (χ3n) is 2.02. The molecular weight excluding hydrogens is 162 g/mol. The number of hydrogen-bond donors (Lipinski definition) is 4. The molecule has 1 rings (SSSR count). The molecule has 0 spiro atoms. The van der Waals surface area contributed by atoms with E-state index in [9.17, 15) is 9.90 Å². The molecular formula is C7H13NO4. The van der Waals surface area contributed by atoms with Crippen molar-refractivity contribution in [3.8, 4) is 0 Å². The fourth-order valence-electron chi connectivity index (χ4n) is 1.27. The van der Waals surface area contributed by atoms with Crippen molar-refractivity contribution >= 4 is 5.91 Å². The fraction of sp³-hybridized carbons (Fsp3) is 0.857. The third-order valence-corrected chi connectivity index (χ3v) is 2.02. The van der Waals surface area contributed by atoms with Crippen LogP contribution in [-0.4, -0.2) is 46.1 Å². The summed E-state index contributed by atoms with van der Waals surface area (Å²) in [6.07, 6.45) is -1.36. The van der Waals surface area contributed by atoms with E-state index in [4.69, 9.17) is 10.2 Å². The summed E-state index contributed by atoms with van der Waals surface area (Å²) >= 11 is 0.